The summed E-state index contributed by atoms with van der Waals surface area (Å²) in [5.41, 5.74) is 1.59. The van der Waals surface area contributed by atoms with Crippen LogP contribution in [0.1, 0.15) is 15.3 Å². The van der Waals surface area contributed by atoms with Crippen molar-refractivity contribution in [1.29, 1.82) is 0 Å². The summed E-state index contributed by atoms with van der Waals surface area (Å²) in [7, 11) is 0. The number of carbonyl (C=O) groups is 3. The molecule has 7 heteroatoms. The van der Waals surface area contributed by atoms with Gasteiger partial charge in [-0.1, -0.05) is 18.2 Å². The van der Waals surface area contributed by atoms with Crippen LogP contribution in [0.3, 0.4) is 0 Å². The molecule has 0 atom stereocenters. The van der Waals surface area contributed by atoms with Crippen molar-refractivity contribution in [1.82, 2.24) is 4.90 Å². The van der Waals surface area contributed by atoms with Gasteiger partial charge in [-0.2, -0.15) is 0 Å². The molecule has 1 aliphatic rings. The number of benzene rings is 1. The Morgan fingerprint density at radius 2 is 1.92 bits per heavy atom. The first kappa shape index (κ1) is 17.4. The van der Waals surface area contributed by atoms with Crippen molar-refractivity contribution in [2.24, 2.45) is 0 Å². The second-order valence-electron chi connectivity index (χ2n) is 5.58. The number of amides is 3. The molecule has 2 heterocycles. The third-order valence-electron chi connectivity index (χ3n) is 3.63. The van der Waals surface area contributed by atoms with Crippen LogP contribution in [0.4, 0.5) is 10.5 Å². The molecule has 0 saturated carbocycles. The first-order valence-electron chi connectivity index (χ1n) is 7.61. The number of anilines is 1. The summed E-state index contributed by atoms with van der Waals surface area (Å²) in [6.07, 6.45) is 1.70. The number of nitrogens with one attached hydrogen (secondary N) is 1. The van der Waals surface area contributed by atoms with Gasteiger partial charge in [0.25, 0.3) is 11.1 Å². The largest absolute Gasteiger partial charge is 0.324 e. The molecule has 3 rings (SSSR count). The standard InChI is InChI=1S/C18H16N2O3S2/c1-11-5-3-4-6-14(11)19-16(21)10-20-17(22)15(25-18(20)23)9-13-8-7-12(2)24-13/h3-9H,10H2,1-2H3,(H,19,21). The second-order valence-corrected chi connectivity index (χ2v) is 7.89. The Kier molecular flexibility index (Phi) is 5.06. The Morgan fingerprint density at radius 3 is 2.60 bits per heavy atom. The number of carbonyl (C=O) groups excluding carboxylic acids is 3. The molecule has 0 bridgehead atoms. The van der Waals surface area contributed by atoms with Crippen LogP contribution < -0.4 is 5.32 Å². The Bertz CT molecular complexity index is 886. The lowest BCUT2D eigenvalue weighted by Gasteiger charge is -2.13. The van der Waals surface area contributed by atoms with Gasteiger partial charge in [-0.3, -0.25) is 19.3 Å². The molecular formula is C18H16N2O3S2. The van der Waals surface area contributed by atoms with Gasteiger partial charge >= 0.3 is 0 Å². The molecule has 0 radical (unpaired) electrons. The first-order valence-corrected chi connectivity index (χ1v) is 9.24. The molecule has 0 spiro atoms. The van der Waals surface area contributed by atoms with E-state index in [-0.39, 0.29) is 6.54 Å². The number of hydrogen-bond donors (Lipinski definition) is 1. The Labute approximate surface area is 153 Å². The summed E-state index contributed by atoms with van der Waals surface area (Å²) in [6, 6.07) is 11.2. The zero-order valence-corrected chi connectivity index (χ0v) is 15.4. The predicted octanol–water partition coefficient (Wildman–Crippen LogP) is 4.04. The number of nitrogens with zero attached hydrogens (tertiary/aromatic N) is 1. The molecule has 1 saturated heterocycles. The number of thioether (sulfide) groups is 1. The van der Waals surface area contributed by atoms with E-state index in [0.717, 1.165) is 32.0 Å². The highest BCUT2D eigenvalue weighted by atomic mass is 32.2. The smallest absolute Gasteiger partial charge is 0.294 e. The van der Waals surface area contributed by atoms with E-state index in [0.29, 0.717) is 10.6 Å². The van der Waals surface area contributed by atoms with Crippen LogP contribution in [-0.4, -0.2) is 28.5 Å². The van der Waals surface area contributed by atoms with Gasteiger partial charge in [0.15, 0.2) is 0 Å². The summed E-state index contributed by atoms with van der Waals surface area (Å²) in [5.74, 6) is -0.828. The summed E-state index contributed by atoms with van der Waals surface area (Å²) in [6.45, 7) is 3.56. The van der Waals surface area contributed by atoms with Gasteiger partial charge in [0, 0.05) is 15.4 Å². The van der Waals surface area contributed by atoms with Crippen LogP contribution in [-0.2, 0) is 9.59 Å². The number of para-hydroxylation sites is 1. The Morgan fingerprint density at radius 1 is 1.16 bits per heavy atom. The van der Waals surface area contributed by atoms with Crippen LogP contribution >= 0.6 is 23.1 Å². The molecule has 1 N–H and O–H groups in total. The monoisotopic (exact) mass is 372 g/mol. The zero-order chi connectivity index (χ0) is 18.0. The number of thiophene rings is 1. The van der Waals surface area contributed by atoms with Gasteiger partial charge in [0.2, 0.25) is 5.91 Å². The first-order chi connectivity index (χ1) is 11.9. The van der Waals surface area contributed by atoms with Gasteiger partial charge in [0.1, 0.15) is 6.54 Å². The van der Waals surface area contributed by atoms with Crippen molar-refractivity contribution >= 4 is 51.9 Å². The molecular weight excluding hydrogens is 356 g/mol. The van der Waals surface area contributed by atoms with Crippen molar-refractivity contribution in [3.8, 4) is 0 Å². The molecule has 0 aliphatic carbocycles. The van der Waals surface area contributed by atoms with Gasteiger partial charge < -0.3 is 5.32 Å². The molecule has 128 valence electrons. The number of imide groups is 1. The Balaban J connectivity index is 1.69. The maximum absolute atomic E-state index is 12.4. The number of rotatable bonds is 4. The van der Waals surface area contributed by atoms with E-state index in [1.807, 2.05) is 44.2 Å². The molecule has 1 fully saturated rings. The third-order valence-corrected chi connectivity index (χ3v) is 5.48. The van der Waals surface area contributed by atoms with E-state index in [4.69, 9.17) is 0 Å². The summed E-state index contributed by atoms with van der Waals surface area (Å²) >= 11 is 2.41. The lowest BCUT2D eigenvalue weighted by Crippen LogP contribution is -2.36. The van der Waals surface area contributed by atoms with Gasteiger partial charge in [0.05, 0.1) is 4.91 Å². The second kappa shape index (κ2) is 7.25. The minimum absolute atomic E-state index is 0.292. The Hall–Kier alpha value is -2.38. The lowest BCUT2D eigenvalue weighted by atomic mass is 10.2. The molecule has 1 aromatic heterocycles. The fraction of sp³-hybridized carbons (Fsp3) is 0.167. The quantitative estimate of drug-likeness (QED) is 0.823. The number of aryl methyl sites for hydroxylation is 2. The average Bonchev–Trinajstić information content (AvgIpc) is 3.08. The normalized spacial score (nSPS) is 15.9. The minimum Gasteiger partial charge on any atom is -0.324 e. The van der Waals surface area contributed by atoms with Crippen molar-refractivity contribution < 1.29 is 14.4 Å². The lowest BCUT2D eigenvalue weighted by molar-refractivity contribution is -0.127. The third kappa shape index (κ3) is 4.00. The SMILES string of the molecule is Cc1ccc(C=C2SC(=O)N(CC(=O)Nc3ccccc3C)C2=O)s1. The van der Waals surface area contributed by atoms with Crippen LogP contribution in [0, 0.1) is 13.8 Å². The van der Waals surface area contributed by atoms with Crippen LogP contribution in [0.2, 0.25) is 0 Å². The van der Waals surface area contributed by atoms with E-state index in [9.17, 15) is 14.4 Å². The van der Waals surface area contributed by atoms with E-state index < -0.39 is 17.1 Å². The van der Waals surface area contributed by atoms with Crippen molar-refractivity contribution in [3.63, 3.8) is 0 Å². The highest BCUT2D eigenvalue weighted by Crippen LogP contribution is 2.33. The van der Waals surface area contributed by atoms with E-state index in [2.05, 4.69) is 5.32 Å². The summed E-state index contributed by atoms with van der Waals surface area (Å²) < 4.78 is 0. The summed E-state index contributed by atoms with van der Waals surface area (Å²) in [4.78, 5) is 40.1. The average molecular weight is 372 g/mol. The molecule has 1 aromatic carbocycles. The van der Waals surface area contributed by atoms with E-state index in [1.54, 1.807) is 23.5 Å². The molecule has 3 amide bonds. The van der Waals surface area contributed by atoms with Crippen LogP contribution in [0.5, 0.6) is 0 Å². The molecule has 1 aliphatic heterocycles. The topological polar surface area (TPSA) is 66.5 Å². The highest BCUT2D eigenvalue weighted by molar-refractivity contribution is 8.18. The van der Waals surface area contributed by atoms with Crippen LogP contribution in [0.15, 0.2) is 41.3 Å². The van der Waals surface area contributed by atoms with Gasteiger partial charge in [-0.05, 0) is 55.4 Å². The van der Waals surface area contributed by atoms with Crippen LogP contribution in [0.25, 0.3) is 6.08 Å². The highest BCUT2D eigenvalue weighted by Gasteiger charge is 2.36. The van der Waals surface area contributed by atoms with Crippen molar-refractivity contribution in [3.05, 3.63) is 56.6 Å². The molecule has 25 heavy (non-hydrogen) atoms. The molecule has 2 aromatic rings. The van der Waals surface area contributed by atoms with E-state index >= 15 is 0 Å². The van der Waals surface area contributed by atoms with Gasteiger partial charge in [-0.25, -0.2) is 0 Å². The fourth-order valence-corrected chi connectivity index (χ4v) is 4.07. The number of hydrogen-bond acceptors (Lipinski definition) is 5. The molecule has 5 nitrogen and oxygen atoms in total. The maximum Gasteiger partial charge on any atom is 0.294 e. The maximum atomic E-state index is 12.4. The van der Waals surface area contributed by atoms with Gasteiger partial charge in [-0.15, -0.1) is 11.3 Å². The minimum atomic E-state index is -0.430. The van der Waals surface area contributed by atoms with E-state index in [1.165, 1.54) is 0 Å². The fourth-order valence-electron chi connectivity index (χ4n) is 2.34. The summed E-state index contributed by atoms with van der Waals surface area (Å²) in [5, 5.41) is 2.31. The molecule has 0 unspecified atom stereocenters. The van der Waals surface area contributed by atoms with Crippen molar-refractivity contribution in [2.75, 3.05) is 11.9 Å². The predicted molar refractivity (Wildman–Crippen MR) is 102 cm³/mol. The zero-order valence-electron chi connectivity index (χ0n) is 13.7. The van der Waals surface area contributed by atoms with Crippen molar-refractivity contribution in [2.45, 2.75) is 13.8 Å².